The highest BCUT2D eigenvalue weighted by Gasteiger charge is 2.06. The van der Waals surface area contributed by atoms with E-state index in [4.69, 9.17) is 0 Å². The lowest BCUT2D eigenvalue weighted by Crippen LogP contribution is -1.98. The number of hydrogen-bond acceptors (Lipinski definition) is 2. The van der Waals surface area contributed by atoms with Gasteiger partial charge in [0.1, 0.15) is 11.3 Å². The fourth-order valence-electron chi connectivity index (χ4n) is 1.18. The molecule has 0 fully saturated rings. The third-order valence-electron chi connectivity index (χ3n) is 1.76. The lowest BCUT2D eigenvalue weighted by atomic mass is 10.5. The number of fused-ring (bicyclic) bond motifs is 1. The van der Waals surface area contributed by atoms with Crippen LogP contribution < -0.4 is 0 Å². The Labute approximate surface area is 68.9 Å². The van der Waals surface area contributed by atoms with Crippen molar-refractivity contribution in [1.29, 1.82) is 0 Å². The molecule has 3 nitrogen and oxygen atoms in total. The summed E-state index contributed by atoms with van der Waals surface area (Å²) < 4.78 is 14.6. The third kappa shape index (κ3) is 0.879. The molecule has 2 aromatic rings. The van der Waals surface area contributed by atoms with Gasteiger partial charge >= 0.3 is 0 Å². The normalized spacial score (nSPS) is 10.9. The van der Waals surface area contributed by atoms with E-state index in [0.29, 0.717) is 11.3 Å². The number of rotatable bonds is 0. The average molecular weight is 165 g/mol. The molecule has 2 rings (SSSR count). The summed E-state index contributed by atoms with van der Waals surface area (Å²) in [5, 5.41) is 4.06. The summed E-state index contributed by atoms with van der Waals surface area (Å²) in [6.45, 7) is 3.58. The van der Waals surface area contributed by atoms with E-state index in [2.05, 4.69) is 10.1 Å². The van der Waals surface area contributed by atoms with Crippen LogP contribution in [0.3, 0.4) is 0 Å². The molecule has 0 aliphatic rings. The van der Waals surface area contributed by atoms with Gasteiger partial charge in [0, 0.05) is 5.69 Å². The molecule has 0 saturated carbocycles. The molecular formula is C8H8FN3. The van der Waals surface area contributed by atoms with Crippen LogP contribution in [0.2, 0.25) is 0 Å². The smallest absolute Gasteiger partial charge is 0.152 e. The molecule has 0 unspecified atom stereocenters. The SMILES string of the molecule is Cc1ncc2c(F)cc(C)n2n1. The fraction of sp³-hybridized carbons (Fsp3) is 0.250. The maximum Gasteiger partial charge on any atom is 0.152 e. The second kappa shape index (κ2) is 2.27. The van der Waals surface area contributed by atoms with Crippen molar-refractivity contribution in [2.75, 3.05) is 0 Å². The molecule has 0 atom stereocenters. The molecule has 0 bridgehead atoms. The molecule has 0 aliphatic carbocycles. The monoisotopic (exact) mass is 165 g/mol. The van der Waals surface area contributed by atoms with Gasteiger partial charge in [-0.2, -0.15) is 5.10 Å². The van der Waals surface area contributed by atoms with E-state index in [0.717, 1.165) is 5.69 Å². The van der Waals surface area contributed by atoms with Gasteiger partial charge in [0.25, 0.3) is 0 Å². The van der Waals surface area contributed by atoms with E-state index in [1.54, 1.807) is 11.4 Å². The van der Waals surface area contributed by atoms with E-state index in [9.17, 15) is 4.39 Å². The van der Waals surface area contributed by atoms with Crippen LogP contribution in [-0.2, 0) is 0 Å². The van der Waals surface area contributed by atoms with Crippen LogP contribution in [0.25, 0.3) is 5.52 Å². The molecule has 62 valence electrons. The molecule has 4 heteroatoms. The Hall–Kier alpha value is -1.45. The summed E-state index contributed by atoms with van der Waals surface area (Å²) in [4.78, 5) is 3.91. The van der Waals surface area contributed by atoms with E-state index >= 15 is 0 Å². The molecule has 0 radical (unpaired) electrons. The molecule has 0 aliphatic heterocycles. The predicted octanol–water partition coefficient (Wildman–Crippen LogP) is 1.49. The number of hydrogen-bond donors (Lipinski definition) is 0. The van der Waals surface area contributed by atoms with E-state index in [1.807, 2.05) is 6.92 Å². The van der Waals surface area contributed by atoms with Crippen molar-refractivity contribution in [3.05, 3.63) is 29.6 Å². The summed E-state index contributed by atoms with van der Waals surface area (Å²) in [5.74, 6) is 0.369. The first-order chi connectivity index (χ1) is 5.68. The van der Waals surface area contributed by atoms with Crippen molar-refractivity contribution >= 4 is 5.52 Å². The Kier molecular flexibility index (Phi) is 1.36. The maximum atomic E-state index is 13.0. The molecule has 12 heavy (non-hydrogen) atoms. The predicted molar refractivity (Wildman–Crippen MR) is 42.4 cm³/mol. The van der Waals surface area contributed by atoms with E-state index in [1.165, 1.54) is 12.3 Å². The largest absolute Gasteiger partial charge is 0.237 e. The number of aryl methyl sites for hydroxylation is 2. The molecule has 0 N–H and O–H groups in total. The van der Waals surface area contributed by atoms with Crippen molar-refractivity contribution < 1.29 is 4.39 Å². The lowest BCUT2D eigenvalue weighted by Gasteiger charge is -1.96. The first-order valence-corrected chi connectivity index (χ1v) is 3.66. The van der Waals surface area contributed by atoms with Crippen LogP contribution >= 0.6 is 0 Å². The maximum absolute atomic E-state index is 13.0. The van der Waals surface area contributed by atoms with Crippen molar-refractivity contribution in [3.8, 4) is 0 Å². The minimum atomic E-state index is -0.271. The minimum absolute atomic E-state index is 0.271. The van der Waals surface area contributed by atoms with Crippen LogP contribution in [0.15, 0.2) is 12.3 Å². The van der Waals surface area contributed by atoms with Crippen LogP contribution in [0.1, 0.15) is 11.5 Å². The fourth-order valence-corrected chi connectivity index (χ4v) is 1.18. The minimum Gasteiger partial charge on any atom is -0.237 e. The van der Waals surface area contributed by atoms with Gasteiger partial charge in [-0.05, 0) is 19.9 Å². The van der Waals surface area contributed by atoms with Crippen molar-refractivity contribution in [2.45, 2.75) is 13.8 Å². The molecule has 0 amide bonds. The first kappa shape index (κ1) is 7.21. The van der Waals surface area contributed by atoms with Crippen molar-refractivity contribution in [2.24, 2.45) is 0 Å². The Bertz CT molecular complexity index is 433. The van der Waals surface area contributed by atoms with Crippen LogP contribution in [0.5, 0.6) is 0 Å². The number of halogens is 1. The zero-order chi connectivity index (χ0) is 8.72. The Morgan fingerprint density at radius 3 is 2.92 bits per heavy atom. The summed E-state index contributed by atoms with van der Waals surface area (Å²) in [5.41, 5.74) is 1.21. The number of aromatic nitrogens is 3. The van der Waals surface area contributed by atoms with Crippen LogP contribution in [-0.4, -0.2) is 14.6 Å². The van der Waals surface area contributed by atoms with E-state index < -0.39 is 0 Å². The summed E-state index contributed by atoms with van der Waals surface area (Å²) in [6, 6.07) is 1.45. The van der Waals surface area contributed by atoms with Crippen LogP contribution in [0, 0.1) is 19.7 Å². The third-order valence-corrected chi connectivity index (χ3v) is 1.76. The molecule has 2 aromatic heterocycles. The van der Waals surface area contributed by atoms with Gasteiger partial charge in [0.05, 0.1) is 6.20 Å². The Balaban J connectivity index is 2.90. The Morgan fingerprint density at radius 2 is 2.17 bits per heavy atom. The van der Waals surface area contributed by atoms with E-state index in [-0.39, 0.29) is 5.82 Å². The van der Waals surface area contributed by atoms with Crippen molar-refractivity contribution in [3.63, 3.8) is 0 Å². The molecule has 0 saturated heterocycles. The molecule has 2 heterocycles. The van der Waals surface area contributed by atoms with Crippen LogP contribution in [0.4, 0.5) is 4.39 Å². The average Bonchev–Trinajstić information content (AvgIpc) is 2.28. The summed E-state index contributed by atoms with van der Waals surface area (Å²) >= 11 is 0. The zero-order valence-electron chi connectivity index (χ0n) is 6.87. The van der Waals surface area contributed by atoms with Gasteiger partial charge in [0.15, 0.2) is 5.82 Å². The Morgan fingerprint density at radius 1 is 1.42 bits per heavy atom. The van der Waals surface area contributed by atoms with Gasteiger partial charge in [-0.25, -0.2) is 13.9 Å². The highest BCUT2D eigenvalue weighted by Crippen LogP contribution is 2.11. The standard InChI is InChI=1S/C8H8FN3/c1-5-3-7(9)8-4-10-6(2)11-12(5)8/h3-4H,1-2H3. The van der Waals surface area contributed by atoms with Gasteiger partial charge < -0.3 is 0 Å². The highest BCUT2D eigenvalue weighted by molar-refractivity contribution is 5.47. The molecular weight excluding hydrogens is 157 g/mol. The van der Waals surface area contributed by atoms with Crippen molar-refractivity contribution in [1.82, 2.24) is 14.6 Å². The highest BCUT2D eigenvalue weighted by atomic mass is 19.1. The second-order valence-corrected chi connectivity index (χ2v) is 2.74. The quantitative estimate of drug-likeness (QED) is 0.592. The topological polar surface area (TPSA) is 30.2 Å². The zero-order valence-corrected chi connectivity index (χ0v) is 6.87. The van der Waals surface area contributed by atoms with Gasteiger partial charge in [-0.15, -0.1) is 0 Å². The first-order valence-electron chi connectivity index (χ1n) is 3.66. The number of nitrogens with zero attached hydrogens (tertiary/aromatic N) is 3. The van der Waals surface area contributed by atoms with Gasteiger partial charge in [-0.3, -0.25) is 0 Å². The summed E-state index contributed by atoms with van der Waals surface area (Å²) in [6.07, 6.45) is 1.49. The van der Waals surface area contributed by atoms with Gasteiger partial charge in [-0.1, -0.05) is 0 Å². The lowest BCUT2D eigenvalue weighted by molar-refractivity contribution is 0.637. The second-order valence-electron chi connectivity index (χ2n) is 2.74. The molecule has 0 spiro atoms. The summed E-state index contributed by atoms with van der Waals surface area (Å²) in [7, 11) is 0. The molecule has 0 aromatic carbocycles. The van der Waals surface area contributed by atoms with Gasteiger partial charge in [0.2, 0.25) is 0 Å².